The minimum atomic E-state index is -0.707. The molecule has 3 N–H and O–H groups in total. The lowest BCUT2D eigenvalue weighted by Gasteiger charge is -2.32. The smallest absolute Gasteiger partial charge is 0.240 e. The Balaban J connectivity index is 1.56. The van der Waals surface area contributed by atoms with Gasteiger partial charge in [0.05, 0.1) is 11.6 Å². The van der Waals surface area contributed by atoms with E-state index in [0.29, 0.717) is 24.9 Å². The summed E-state index contributed by atoms with van der Waals surface area (Å²) in [5.74, 6) is 0.743. The minimum Gasteiger partial charge on any atom is -0.349 e. The Morgan fingerprint density at radius 3 is 2.60 bits per heavy atom. The van der Waals surface area contributed by atoms with Crippen LogP contribution in [0.2, 0.25) is 0 Å². The molecule has 2 amide bonds. The molecule has 1 saturated heterocycles. The zero-order chi connectivity index (χ0) is 14.3. The van der Waals surface area contributed by atoms with Crippen LogP contribution in [0.5, 0.6) is 0 Å². The van der Waals surface area contributed by atoms with Crippen LogP contribution >= 0.6 is 0 Å². The number of nitrogens with one attached hydrogen (secondary N) is 1. The number of carbonyl (C=O) groups is 2. The van der Waals surface area contributed by atoms with Gasteiger partial charge in [0, 0.05) is 19.0 Å². The van der Waals surface area contributed by atoms with Gasteiger partial charge in [0.15, 0.2) is 0 Å². The Hall–Kier alpha value is -1.10. The maximum Gasteiger partial charge on any atom is 0.240 e. The Morgan fingerprint density at radius 2 is 2.00 bits per heavy atom. The number of nitrogens with zero attached hydrogens (tertiary/aromatic N) is 1. The van der Waals surface area contributed by atoms with Gasteiger partial charge in [0.1, 0.15) is 0 Å². The zero-order valence-electron chi connectivity index (χ0n) is 12.2. The van der Waals surface area contributed by atoms with E-state index in [1.807, 2.05) is 4.90 Å². The Bertz CT molecular complexity index is 417. The fraction of sp³-hybridized carbons (Fsp3) is 0.867. The third-order valence-corrected chi connectivity index (χ3v) is 5.16. The summed E-state index contributed by atoms with van der Waals surface area (Å²) in [7, 11) is 0. The summed E-state index contributed by atoms with van der Waals surface area (Å²) < 4.78 is 0. The summed E-state index contributed by atoms with van der Waals surface area (Å²) in [5.41, 5.74) is 5.53. The van der Waals surface area contributed by atoms with Crippen LogP contribution < -0.4 is 11.1 Å². The first kappa shape index (κ1) is 13.9. The van der Waals surface area contributed by atoms with Crippen LogP contribution in [-0.4, -0.2) is 40.9 Å². The number of carbonyl (C=O) groups excluding carboxylic acids is 2. The van der Waals surface area contributed by atoms with Gasteiger partial charge in [-0.25, -0.2) is 0 Å². The SMILES string of the molecule is C[C@@H]1C[C@@H]1N1C[C@H](NC(=O)C2(N)CCCCC2)CC1=O. The molecule has 3 atom stereocenters. The summed E-state index contributed by atoms with van der Waals surface area (Å²) in [5, 5.41) is 3.02. The molecule has 0 aromatic rings. The molecule has 0 aromatic carbocycles. The molecular weight excluding hydrogens is 254 g/mol. The van der Waals surface area contributed by atoms with Gasteiger partial charge in [0.2, 0.25) is 11.8 Å². The number of likely N-dealkylation sites (tertiary alicyclic amines) is 1. The highest BCUT2D eigenvalue weighted by molar-refractivity contribution is 5.88. The molecule has 0 aromatic heterocycles. The predicted molar refractivity (Wildman–Crippen MR) is 75.8 cm³/mol. The monoisotopic (exact) mass is 279 g/mol. The van der Waals surface area contributed by atoms with Crippen molar-refractivity contribution in [2.24, 2.45) is 11.7 Å². The Labute approximate surface area is 120 Å². The summed E-state index contributed by atoms with van der Waals surface area (Å²) >= 11 is 0. The first-order chi connectivity index (χ1) is 9.49. The van der Waals surface area contributed by atoms with Crippen LogP contribution in [0, 0.1) is 5.92 Å². The second kappa shape index (κ2) is 5.02. The molecule has 112 valence electrons. The largest absolute Gasteiger partial charge is 0.349 e. The van der Waals surface area contributed by atoms with Crippen molar-refractivity contribution >= 4 is 11.8 Å². The number of hydrogen-bond acceptors (Lipinski definition) is 3. The fourth-order valence-corrected chi connectivity index (χ4v) is 3.62. The van der Waals surface area contributed by atoms with E-state index in [1.54, 1.807) is 0 Å². The van der Waals surface area contributed by atoms with E-state index in [4.69, 9.17) is 5.73 Å². The second-order valence-corrected chi connectivity index (χ2v) is 6.92. The molecule has 0 unspecified atom stereocenters. The summed E-state index contributed by atoms with van der Waals surface area (Å²) in [6.45, 7) is 2.83. The van der Waals surface area contributed by atoms with E-state index in [1.165, 1.54) is 6.42 Å². The first-order valence-electron chi connectivity index (χ1n) is 7.89. The molecule has 0 bridgehead atoms. The molecule has 5 nitrogen and oxygen atoms in total. The van der Waals surface area contributed by atoms with Gasteiger partial charge in [-0.1, -0.05) is 26.2 Å². The molecule has 3 rings (SSSR count). The first-order valence-corrected chi connectivity index (χ1v) is 7.89. The van der Waals surface area contributed by atoms with Crippen molar-refractivity contribution in [1.82, 2.24) is 10.2 Å². The predicted octanol–water partition coefficient (Wildman–Crippen LogP) is 0.773. The molecule has 1 heterocycles. The lowest BCUT2D eigenvalue weighted by atomic mass is 9.81. The normalized spacial score (nSPS) is 36.0. The van der Waals surface area contributed by atoms with Crippen molar-refractivity contribution in [1.29, 1.82) is 0 Å². The summed E-state index contributed by atoms with van der Waals surface area (Å²) in [6.07, 6.45) is 6.30. The van der Waals surface area contributed by atoms with Crippen LogP contribution in [0.15, 0.2) is 0 Å². The van der Waals surface area contributed by atoms with E-state index in [2.05, 4.69) is 12.2 Å². The van der Waals surface area contributed by atoms with Crippen LogP contribution in [0.25, 0.3) is 0 Å². The summed E-state index contributed by atoms with van der Waals surface area (Å²) in [6, 6.07) is 0.357. The van der Waals surface area contributed by atoms with Crippen LogP contribution in [0.1, 0.15) is 51.9 Å². The molecule has 0 radical (unpaired) electrons. The summed E-state index contributed by atoms with van der Waals surface area (Å²) in [4.78, 5) is 26.3. The van der Waals surface area contributed by atoms with Gasteiger partial charge in [-0.05, 0) is 25.2 Å². The van der Waals surface area contributed by atoms with Gasteiger partial charge < -0.3 is 16.0 Å². The van der Waals surface area contributed by atoms with Crippen molar-refractivity contribution in [3.63, 3.8) is 0 Å². The van der Waals surface area contributed by atoms with E-state index >= 15 is 0 Å². The van der Waals surface area contributed by atoms with Gasteiger partial charge >= 0.3 is 0 Å². The lowest BCUT2D eigenvalue weighted by molar-refractivity contribution is -0.128. The Morgan fingerprint density at radius 1 is 1.35 bits per heavy atom. The van der Waals surface area contributed by atoms with E-state index in [-0.39, 0.29) is 17.9 Å². The van der Waals surface area contributed by atoms with Crippen LogP contribution in [-0.2, 0) is 9.59 Å². The van der Waals surface area contributed by atoms with Crippen LogP contribution in [0.3, 0.4) is 0 Å². The highest BCUT2D eigenvalue weighted by Crippen LogP contribution is 2.37. The second-order valence-electron chi connectivity index (χ2n) is 6.92. The average Bonchev–Trinajstić information content (AvgIpc) is 3.01. The quantitative estimate of drug-likeness (QED) is 0.801. The molecule has 3 fully saturated rings. The number of rotatable bonds is 3. The topological polar surface area (TPSA) is 75.4 Å². The molecule has 2 aliphatic carbocycles. The lowest BCUT2D eigenvalue weighted by Crippen LogP contribution is -2.57. The molecule has 0 spiro atoms. The number of nitrogens with two attached hydrogens (primary N) is 1. The van der Waals surface area contributed by atoms with Gasteiger partial charge in [-0.3, -0.25) is 9.59 Å². The molecular formula is C15H25N3O2. The molecule has 2 saturated carbocycles. The van der Waals surface area contributed by atoms with Crippen molar-refractivity contribution in [3.8, 4) is 0 Å². The van der Waals surface area contributed by atoms with Crippen molar-refractivity contribution in [2.75, 3.05) is 6.54 Å². The minimum absolute atomic E-state index is 0.0508. The zero-order valence-corrected chi connectivity index (χ0v) is 12.2. The maximum atomic E-state index is 12.4. The fourth-order valence-electron chi connectivity index (χ4n) is 3.62. The van der Waals surface area contributed by atoms with Gasteiger partial charge in [-0.15, -0.1) is 0 Å². The van der Waals surface area contributed by atoms with Gasteiger partial charge in [0.25, 0.3) is 0 Å². The van der Waals surface area contributed by atoms with E-state index in [9.17, 15) is 9.59 Å². The maximum absolute atomic E-state index is 12.4. The third kappa shape index (κ3) is 2.55. The van der Waals surface area contributed by atoms with Gasteiger partial charge in [-0.2, -0.15) is 0 Å². The van der Waals surface area contributed by atoms with E-state index in [0.717, 1.165) is 32.1 Å². The molecule has 20 heavy (non-hydrogen) atoms. The van der Waals surface area contributed by atoms with Crippen molar-refractivity contribution in [2.45, 2.75) is 69.5 Å². The highest BCUT2D eigenvalue weighted by atomic mass is 16.2. The number of hydrogen-bond donors (Lipinski definition) is 2. The highest BCUT2D eigenvalue weighted by Gasteiger charge is 2.46. The van der Waals surface area contributed by atoms with Crippen molar-refractivity contribution < 1.29 is 9.59 Å². The van der Waals surface area contributed by atoms with Crippen LogP contribution in [0.4, 0.5) is 0 Å². The van der Waals surface area contributed by atoms with Crippen molar-refractivity contribution in [3.05, 3.63) is 0 Å². The van der Waals surface area contributed by atoms with E-state index < -0.39 is 5.54 Å². The number of amides is 2. The average molecular weight is 279 g/mol. The standard InChI is InChI=1S/C15H25N3O2/c1-10-7-12(10)18-9-11(8-13(18)19)17-14(20)15(16)5-3-2-4-6-15/h10-12H,2-9,16H2,1H3,(H,17,20)/t10-,11-,12+/m1/s1. The molecule has 3 aliphatic rings. The molecule has 5 heteroatoms. The Kier molecular flexibility index (Phi) is 3.48. The molecule has 1 aliphatic heterocycles. The third-order valence-electron chi connectivity index (χ3n) is 5.16.